The van der Waals surface area contributed by atoms with Gasteiger partial charge < -0.3 is 10.1 Å². The summed E-state index contributed by atoms with van der Waals surface area (Å²) in [7, 11) is 0. The maximum absolute atomic E-state index is 5.76. The zero-order chi connectivity index (χ0) is 7.90. The van der Waals surface area contributed by atoms with Gasteiger partial charge in [-0.3, -0.25) is 0 Å². The third-order valence-corrected chi connectivity index (χ3v) is 3.27. The van der Waals surface area contributed by atoms with Crippen LogP contribution in [0.2, 0.25) is 0 Å². The average Bonchev–Trinajstić information content (AvgIpc) is 2.45. The van der Waals surface area contributed by atoms with Crippen LogP contribution in [-0.2, 0) is 4.74 Å². The van der Waals surface area contributed by atoms with Crippen LogP contribution in [0.1, 0.15) is 26.7 Å². The molecule has 3 unspecified atom stereocenters. The van der Waals surface area contributed by atoms with E-state index in [1.54, 1.807) is 0 Å². The summed E-state index contributed by atoms with van der Waals surface area (Å²) in [6.45, 7) is 6.75. The average molecular weight is 155 g/mol. The Morgan fingerprint density at radius 1 is 1.45 bits per heavy atom. The van der Waals surface area contributed by atoms with E-state index in [2.05, 4.69) is 19.2 Å². The molecule has 64 valence electrons. The minimum Gasteiger partial charge on any atom is -0.375 e. The summed E-state index contributed by atoms with van der Waals surface area (Å²) in [5.41, 5.74) is 0.486. The summed E-state index contributed by atoms with van der Waals surface area (Å²) in [6, 6.07) is 0. The van der Waals surface area contributed by atoms with Crippen LogP contribution in [0.25, 0.3) is 0 Å². The van der Waals surface area contributed by atoms with Crippen LogP contribution in [0.5, 0.6) is 0 Å². The number of hydrogen-bond donors (Lipinski definition) is 1. The predicted octanol–water partition coefficient (Wildman–Crippen LogP) is 1.16. The number of rotatable bonds is 0. The van der Waals surface area contributed by atoms with E-state index < -0.39 is 0 Å². The first-order valence-corrected chi connectivity index (χ1v) is 4.59. The summed E-state index contributed by atoms with van der Waals surface area (Å²) in [5.74, 6) is 0. The molecule has 0 saturated carbocycles. The highest BCUT2D eigenvalue weighted by Crippen LogP contribution is 2.42. The van der Waals surface area contributed by atoms with Crippen molar-refractivity contribution in [2.45, 2.75) is 38.9 Å². The van der Waals surface area contributed by atoms with Gasteiger partial charge in [0, 0.05) is 12.0 Å². The molecule has 2 nitrogen and oxygen atoms in total. The van der Waals surface area contributed by atoms with Crippen molar-refractivity contribution in [3.8, 4) is 0 Å². The lowest BCUT2D eigenvalue weighted by Gasteiger charge is -2.24. The Morgan fingerprint density at radius 3 is 2.73 bits per heavy atom. The Labute approximate surface area is 68.3 Å². The molecule has 2 aliphatic heterocycles. The van der Waals surface area contributed by atoms with Crippen LogP contribution in [0.4, 0.5) is 0 Å². The van der Waals surface area contributed by atoms with Crippen LogP contribution in [-0.4, -0.2) is 25.3 Å². The zero-order valence-corrected chi connectivity index (χ0v) is 7.39. The fourth-order valence-electron chi connectivity index (χ4n) is 2.56. The molecular weight excluding hydrogens is 138 g/mol. The molecule has 2 aliphatic rings. The van der Waals surface area contributed by atoms with E-state index in [4.69, 9.17) is 4.74 Å². The summed E-state index contributed by atoms with van der Waals surface area (Å²) in [4.78, 5) is 0. The minimum atomic E-state index is 0.465. The highest BCUT2D eigenvalue weighted by molar-refractivity contribution is 4.97. The van der Waals surface area contributed by atoms with Gasteiger partial charge in [0.15, 0.2) is 0 Å². The summed E-state index contributed by atoms with van der Waals surface area (Å²) >= 11 is 0. The minimum absolute atomic E-state index is 0.465. The van der Waals surface area contributed by atoms with E-state index in [1.807, 2.05) is 0 Å². The molecule has 0 radical (unpaired) electrons. The lowest BCUT2D eigenvalue weighted by Crippen LogP contribution is -2.30. The van der Waals surface area contributed by atoms with Crippen LogP contribution < -0.4 is 5.32 Å². The summed E-state index contributed by atoms with van der Waals surface area (Å²) < 4.78 is 5.76. The van der Waals surface area contributed by atoms with E-state index in [0.717, 1.165) is 0 Å². The largest absolute Gasteiger partial charge is 0.375 e. The molecule has 11 heavy (non-hydrogen) atoms. The standard InChI is InChI=1S/C9H17NO/c1-7-5-9(8(2)11-7)3-4-10-6-9/h7-8,10H,3-6H2,1-2H3. The highest BCUT2D eigenvalue weighted by atomic mass is 16.5. The van der Waals surface area contributed by atoms with Gasteiger partial charge in [-0.05, 0) is 33.2 Å². The van der Waals surface area contributed by atoms with Crippen molar-refractivity contribution in [1.29, 1.82) is 0 Å². The Bertz CT molecular complexity index is 152. The Kier molecular flexibility index (Phi) is 1.69. The van der Waals surface area contributed by atoms with E-state index >= 15 is 0 Å². The molecule has 0 aromatic heterocycles. The molecular formula is C9H17NO. The normalized spacial score (nSPS) is 50.7. The Hall–Kier alpha value is -0.0800. The van der Waals surface area contributed by atoms with Gasteiger partial charge >= 0.3 is 0 Å². The van der Waals surface area contributed by atoms with Crippen molar-refractivity contribution >= 4 is 0 Å². The van der Waals surface area contributed by atoms with Crippen molar-refractivity contribution in [3.63, 3.8) is 0 Å². The first-order chi connectivity index (χ1) is 5.23. The molecule has 1 N–H and O–H groups in total. The fraction of sp³-hybridized carbons (Fsp3) is 1.00. The van der Waals surface area contributed by atoms with E-state index in [9.17, 15) is 0 Å². The first-order valence-electron chi connectivity index (χ1n) is 4.59. The second-order valence-electron chi connectivity index (χ2n) is 4.08. The zero-order valence-electron chi connectivity index (χ0n) is 7.39. The maximum Gasteiger partial charge on any atom is 0.0620 e. The molecule has 0 amide bonds. The molecule has 2 fully saturated rings. The SMILES string of the molecule is CC1CC2(CCNC2)C(C)O1. The van der Waals surface area contributed by atoms with Gasteiger partial charge in [0.1, 0.15) is 0 Å². The topological polar surface area (TPSA) is 21.3 Å². The first kappa shape index (κ1) is 7.56. The molecule has 0 aliphatic carbocycles. The van der Waals surface area contributed by atoms with Crippen molar-refractivity contribution in [2.75, 3.05) is 13.1 Å². The van der Waals surface area contributed by atoms with E-state index in [0.29, 0.717) is 17.6 Å². The number of ether oxygens (including phenoxy) is 1. The quantitative estimate of drug-likeness (QED) is 0.567. The molecule has 1 spiro atoms. The van der Waals surface area contributed by atoms with Crippen LogP contribution in [0.15, 0.2) is 0 Å². The van der Waals surface area contributed by atoms with E-state index in [1.165, 1.54) is 25.9 Å². The maximum atomic E-state index is 5.76. The second kappa shape index (κ2) is 2.46. The lowest BCUT2D eigenvalue weighted by molar-refractivity contribution is 0.0364. The van der Waals surface area contributed by atoms with Gasteiger partial charge in [0.05, 0.1) is 12.2 Å². The van der Waals surface area contributed by atoms with Crippen LogP contribution >= 0.6 is 0 Å². The van der Waals surface area contributed by atoms with E-state index in [-0.39, 0.29) is 0 Å². The van der Waals surface area contributed by atoms with Crippen molar-refractivity contribution in [1.82, 2.24) is 5.32 Å². The monoisotopic (exact) mass is 155 g/mol. The highest BCUT2D eigenvalue weighted by Gasteiger charge is 2.46. The van der Waals surface area contributed by atoms with Gasteiger partial charge in [-0.15, -0.1) is 0 Å². The molecule has 2 heteroatoms. The Balaban J connectivity index is 2.12. The van der Waals surface area contributed by atoms with Gasteiger partial charge in [-0.2, -0.15) is 0 Å². The molecule has 0 aromatic carbocycles. The van der Waals surface area contributed by atoms with Gasteiger partial charge in [0.25, 0.3) is 0 Å². The molecule has 2 rings (SSSR count). The van der Waals surface area contributed by atoms with Crippen molar-refractivity contribution in [3.05, 3.63) is 0 Å². The van der Waals surface area contributed by atoms with Gasteiger partial charge in [-0.25, -0.2) is 0 Å². The summed E-state index contributed by atoms with van der Waals surface area (Å²) in [6.07, 6.45) is 3.50. The second-order valence-corrected chi connectivity index (χ2v) is 4.08. The third-order valence-electron chi connectivity index (χ3n) is 3.27. The smallest absolute Gasteiger partial charge is 0.0620 e. The molecule has 2 heterocycles. The molecule has 2 saturated heterocycles. The van der Waals surface area contributed by atoms with Gasteiger partial charge in [0.2, 0.25) is 0 Å². The van der Waals surface area contributed by atoms with Crippen LogP contribution in [0.3, 0.4) is 0 Å². The third kappa shape index (κ3) is 1.09. The summed E-state index contributed by atoms with van der Waals surface area (Å²) in [5, 5.41) is 3.43. The van der Waals surface area contributed by atoms with Crippen LogP contribution in [0, 0.1) is 5.41 Å². The van der Waals surface area contributed by atoms with Crippen molar-refractivity contribution in [2.24, 2.45) is 5.41 Å². The Morgan fingerprint density at radius 2 is 2.27 bits per heavy atom. The molecule has 3 atom stereocenters. The molecule has 0 aromatic rings. The number of nitrogens with one attached hydrogen (secondary N) is 1. The van der Waals surface area contributed by atoms with Gasteiger partial charge in [-0.1, -0.05) is 0 Å². The molecule has 0 bridgehead atoms. The fourth-order valence-corrected chi connectivity index (χ4v) is 2.56. The lowest BCUT2D eigenvalue weighted by atomic mass is 9.80. The predicted molar refractivity (Wildman–Crippen MR) is 44.5 cm³/mol. The number of hydrogen-bond acceptors (Lipinski definition) is 2. The van der Waals surface area contributed by atoms with Crippen molar-refractivity contribution < 1.29 is 4.74 Å².